The quantitative estimate of drug-likeness (QED) is 0.768. The van der Waals surface area contributed by atoms with Gasteiger partial charge in [-0.15, -0.1) is 0 Å². The fourth-order valence-corrected chi connectivity index (χ4v) is 2.82. The predicted octanol–water partition coefficient (Wildman–Crippen LogP) is 2.78. The molecule has 0 atom stereocenters. The van der Waals surface area contributed by atoms with Gasteiger partial charge in [0.05, 0.1) is 19.1 Å². The van der Waals surface area contributed by atoms with E-state index in [1.807, 2.05) is 18.2 Å². The Morgan fingerprint density at radius 1 is 1.39 bits per heavy atom. The molecule has 1 aliphatic heterocycles. The highest BCUT2D eigenvalue weighted by Crippen LogP contribution is 2.17. The van der Waals surface area contributed by atoms with Crippen LogP contribution in [0.2, 0.25) is 5.02 Å². The van der Waals surface area contributed by atoms with Crippen molar-refractivity contribution in [3.05, 3.63) is 34.9 Å². The molecule has 2 rings (SSSR count). The van der Waals surface area contributed by atoms with Gasteiger partial charge in [-0.05, 0) is 24.5 Å². The van der Waals surface area contributed by atoms with Gasteiger partial charge in [-0.2, -0.15) is 5.26 Å². The molecular formula is C17H21ClN2O3. The number of benzene rings is 1. The van der Waals surface area contributed by atoms with E-state index in [1.54, 1.807) is 11.0 Å². The lowest BCUT2D eigenvalue weighted by Crippen LogP contribution is -2.45. The third-order valence-electron chi connectivity index (χ3n) is 3.86. The number of hydrogen-bond acceptors (Lipinski definition) is 4. The fourth-order valence-electron chi connectivity index (χ4n) is 2.62. The molecule has 0 N–H and O–H groups in total. The van der Waals surface area contributed by atoms with Crippen LogP contribution in [0.25, 0.3) is 0 Å². The van der Waals surface area contributed by atoms with E-state index < -0.39 is 0 Å². The van der Waals surface area contributed by atoms with Crippen LogP contribution in [-0.2, 0) is 20.9 Å². The maximum absolute atomic E-state index is 12.4. The van der Waals surface area contributed by atoms with Crippen molar-refractivity contribution in [2.24, 2.45) is 0 Å². The summed E-state index contributed by atoms with van der Waals surface area (Å²) in [6.07, 6.45) is 1.94. The van der Waals surface area contributed by atoms with Crippen LogP contribution < -0.4 is 0 Å². The first-order valence-electron chi connectivity index (χ1n) is 7.77. The fraction of sp³-hybridized carbons (Fsp3) is 0.529. The lowest BCUT2D eigenvalue weighted by atomic mass is 10.1. The van der Waals surface area contributed by atoms with Gasteiger partial charge in [0.25, 0.3) is 0 Å². The number of rotatable bonds is 7. The second-order valence-electron chi connectivity index (χ2n) is 5.42. The summed E-state index contributed by atoms with van der Waals surface area (Å²) in [5.74, 6) is -0.0841. The first-order chi connectivity index (χ1) is 11.2. The lowest BCUT2D eigenvalue weighted by Gasteiger charge is -2.33. The molecule has 1 amide bonds. The number of halogens is 1. The molecule has 1 aliphatic rings. The predicted molar refractivity (Wildman–Crippen MR) is 86.9 cm³/mol. The van der Waals surface area contributed by atoms with E-state index in [-0.39, 0.29) is 18.6 Å². The van der Waals surface area contributed by atoms with Gasteiger partial charge in [0.2, 0.25) is 5.91 Å². The number of hydrogen-bond donors (Lipinski definition) is 0. The molecule has 1 aromatic rings. The van der Waals surface area contributed by atoms with Crippen molar-refractivity contribution in [1.29, 1.82) is 5.26 Å². The smallest absolute Gasteiger partial charge is 0.248 e. The van der Waals surface area contributed by atoms with Crippen molar-refractivity contribution in [3.8, 4) is 6.07 Å². The molecule has 6 heteroatoms. The molecule has 1 aromatic carbocycles. The zero-order valence-electron chi connectivity index (χ0n) is 13.0. The van der Waals surface area contributed by atoms with Gasteiger partial charge in [-0.1, -0.05) is 29.8 Å². The highest BCUT2D eigenvalue weighted by atomic mass is 35.5. The molecule has 0 unspecified atom stereocenters. The van der Waals surface area contributed by atoms with Gasteiger partial charge in [-0.3, -0.25) is 4.79 Å². The number of nitriles is 1. The zero-order chi connectivity index (χ0) is 16.5. The van der Waals surface area contributed by atoms with E-state index in [2.05, 4.69) is 6.07 Å². The Bertz CT molecular complexity index is 553. The van der Waals surface area contributed by atoms with Gasteiger partial charge in [0, 0.05) is 30.8 Å². The first-order valence-corrected chi connectivity index (χ1v) is 8.15. The van der Waals surface area contributed by atoms with E-state index in [9.17, 15) is 4.79 Å². The average Bonchev–Trinajstić information content (AvgIpc) is 2.58. The van der Waals surface area contributed by atoms with Crippen molar-refractivity contribution >= 4 is 17.5 Å². The van der Waals surface area contributed by atoms with Gasteiger partial charge in [0.1, 0.15) is 6.61 Å². The molecule has 1 fully saturated rings. The van der Waals surface area contributed by atoms with Crippen LogP contribution in [-0.4, -0.2) is 43.2 Å². The zero-order valence-corrected chi connectivity index (χ0v) is 13.8. The number of carbonyl (C=O) groups excluding carboxylic acids is 1. The number of carbonyl (C=O) groups is 1. The molecule has 0 aromatic heterocycles. The largest absolute Gasteiger partial charge is 0.381 e. The van der Waals surface area contributed by atoms with Crippen LogP contribution in [0.3, 0.4) is 0 Å². The second-order valence-corrected chi connectivity index (χ2v) is 5.83. The maximum Gasteiger partial charge on any atom is 0.248 e. The van der Waals surface area contributed by atoms with Crippen molar-refractivity contribution in [2.75, 3.05) is 26.4 Å². The van der Waals surface area contributed by atoms with Crippen LogP contribution in [0.15, 0.2) is 24.3 Å². The van der Waals surface area contributed by atoms with Crippen molar-refractivity contribution < 1.29 is 14.3 Å². The van der Waals surface area contributed by atoms with Crippen LogP contribution in [0.4, 0.5) is 0 Å². The summed E-state index contributed by atoms with van der Waals surface area (Å²) in [5.41, 5.74) is 0.858. The maximum atomic E-state index is 12.4. The van der Waals surface area contributed by atoms with Gasteiger partial charge in [-0.25, -0.2) is 0 Å². The summed E-state index contributed by atoms with van der Waals surface area (Å²) >= 11 is 6.07. The van der Waals surface area contributed by atoms with Crippen LogP contribution >= 0.6 is 11.6 Å². The van der Waals surface area contributed by atoms with Crippen molar-refractivity contribution in [3.63, 3.8) is 0 Å². The number of nitrogens with zero attached hydrogens (tertiary/aromatic N) is 2. The topological polar surface area (TPSA) is 62.6 Å². The Morgan fingerprint density at radius 2 is 2.13 bits per heavy atom. The Labute approximate surface area is 141 Å². The van der Waals surface area contributed by atoms with E-state index in [1.165, 1.54) is 0 Å². The summed E-state index contributed by atoms with van der Waals surface area (Å²) in [7, 11) is 0. The number of amides is 1. The van der Waals surface area contributed by atoms with Crippen LogP contribution in [0, 0.1) is 11.3 Å². The minimum absolute atomic E-state index is 0.00594. The minimum Gasteiger partial charge on any atom is -0.381 e. The van der Waals surface area contributed by atoms with Crippen molar-refractivity contribution in [1.82, 2.24) is 4.90 Å². The summed E-state index contributed by atoms with van der Waals surface area (Å²) in [5, 5.41) is 9.42. The second kappa shape index (κ2) is 9.51. The molecule has 0 radical (unpaired) electrons. The molecule has 0 spiro atoms. The molecule has 0 bridgehead atoms. The molecule has 0 aliphatic carbocycles. The molecule has 23 heavy (non-hydrogen) atoms. The molecule has 1 saturated heterocycles. The average molecular weight is 337 g/mol. The van der Waals surface area contributed by atoms with Crippen LogP contribution in [0.1, 0.15) is 24.8 Å². The molecular weight excluding hydrogens is 316 g/mol. The first kappa shape index (κ1) is 17.7. The van der Waals surface area contributed by atoms with E-state index in [4.69, 9.17) is 26.3 Å². The highest BCUT2D eigenvalue weighted by Gasteiger charge is 2.25. The Morgan fingerprint density at radius 3 is 2.83 bits per heavy atom. The normalized spacial score (nSPS) is 15.1. The van der Waals surface area contributed by atoms with Crippen LogP contribution in [0.5, 0.6) is 0 Å². The highest BCUT2D eigenvalue weighted by molar-refractivity contribution is 6.31. The summed E-state index contributed by atoms with van der Waals surface area (Å²) in [4.78, 5) is 14.2. The summed E-state index contributed by atoms with van der Waals surface area (Å²) in [6.45, 7) is 2.04. The molecule has 124 valence electrons. The van der Waals surface area contributed by atoms with Gasteiger partial charge >= 0.3 is 0 Å². The molecule has 0 saturated carbocycles. The third kappa shape index (κ3) is 5.51. The van der Waals surface area contributed by atoms with Gasteiger partial charge in [0.15, 0.2) is 0 Å². The monoisotopic (exact) mass is 336 g/mol. The lowest BCUT2D eigenvalue weighted by molar-refractivity contribution is -0.140. The van der Waals surface area contributed by atoms with Gasteiger partial charge < -0.3 is 14.4 Å². The summed E-state index contributed by atoms with van der Waals surface area (Å²) < 4.78 is 10.9. The molecule has 1 heterocycles. The standard InChI is InChI=1S/C17H21ClN2O3/c18-16-5-2-1-4-14(16)12-23-13-17(21)20(9-3-8-19)15-6-10-22-11-7-15/h1-2,4-5,15H,3,6-7,9-13H2. The molecule has 5 nitrogen and oxygen atoms in total. The minimum atomic E-state index is -0.0841. The van der Waals surface area contributed by atoms with E-state index >= 15 is 0 Å². The van der Waals surface area contributed by atoms with E-state index in [0.29, 0.717) is 37.8 Å². The summed E-state index contributed by atoms with van der Waals surface area (Å²) in [6, 6.07) is 9.64. The Kier molecular flexibility index (Phi) is 7.34. The Hall–Kier alpha value is -1.61. The number of ether oxygens (including phenoxy) is 2. The van der Waals surface area contributed by atoms with E-state index in [0.717, 1.165) is 18.4 Å². The Balaban J connectivity index is 1.87. The SMILES string of the molecule is N#CCCN(C(=O)COCc1ccccc1Cl)C1CCOCC1. The third-order valence-corrected chi connectivity index (χ3v) is 4.23. The van der Waals surface area contributed by atoms with Crippen molar-refractivity contribution in [2.45, 2.75) is 31.9 Å².